The summed E-state index contributed by atoms with van der Waals surface area (Å²) in [5, 5.41) is 12.2. The summed E-state index contributed by atoms with van der Waals surface area (Å²) in [6, 6.07) is 5.08. The third-order valence-electron chi connectivity index (χ3n) is 4.15. The Hall–Kier alpha value is -1.75. The number of nitrogens with one attached hydrogen (secondary N) is 1. The topological polar surface area (TPSA) is 84.6 Å². The van der Waals surface area contributed by atoms with Gasteiger partial charge in [0.2, 0.25) is 0 Å². The van der Waals surface area contributed by atoms with Crippen LogP contribution in [0.2, 0.25) is 0 Å². The van der Waals surface area contributed by atoms with Crippen molar-refractivity contribution in [2.24, 2.45) is 11.8 Å². The number of nitrogen functional groups attached to an aromatic ring is 1. The van der Waals surface area contributed by atoms with Crippen LogP contribution in [-0.2, 0) is 0 Å². The van der Waals surface area contributed by atoms with Gasteiger partial charge in [0.15, 0.2) is 0 Å². The largest absolute Gasteiger partial charge is 0.492 e. The molecule has 5 nitrogen and oxygen atoms in total. The molecule has 21 heavy (non-hydrogen) atoms. The molecule has 1 saturated carbocycles. The van der Waals surface area contributed by atoms with Gasteiger partial charge in [0.25, 0.3) is 5.91 Å². The smallest absolute Gasteiger partial charge is 0.251 e. The Morgan fingerprint density at radius 2 is 2.19 bits per heavy atom. The summed E-state index contributed by atoms with van der Waals surface area (Å²) in [7, 11) is 0. The first-order valence-electron chi connectivity index (χ1n) is 7.57. The molecule has 4 N–H and O–H groups in total. The molecule has 1 aliphatic rings. The molecule has 0 bridgehead atoms. The Balaban J connectivity index is 1.92. The van der Waals surface area contributed by atoms with Crippen LogP contribution in [0.4, 0.5) is 5.69 Å². The molecule has 2 unspecified atom stereocenters. The van der Waals surface area contributed by atoms with Gasteiger partial charge >= 0.3 is 0 Å². The maximum absolute atomic E-state index is 12.1. The number of hydrogen-bond acceptors (Lipinski definition) is 4. The number of benzene rings is 1. The molecule has 1 aromatic rings. The molecule has 0 radical (unpaired) electrons. The fourth-order valence-corrected chi connectivity index (χ4v) is 2.93. The number of ether oxygens (including phenoxy) is 1. The fourth-order valence-electron chi connectivity index (χ4n) is 2.93. The van der Waals surface area contributed by atoms with Crippen molar-refractivity contribution >= 4 is 11.6 Å². The van der Waals surface area contributed by atoms with Gasteiger partial charge in [0.1, 0.15) is 5.75 Å². The lowest BCUT2D eigenvalue weighted by Crippen LogP contribution is -2.31. The van der Waals surface area contributed by atoms with Gasteiger partial charge in [-0.15, -0.1) is 0 Å². The molecule has 0 aromatic heterocycles. The van der Waals surface area contributed by atoms with E-state index in [0.717, 1.165) is 19.3 Å². The van der Waals surface area contributed by atoms with Gasteiger partial charge in [-0.3, -0.25) is 4.79 Å². The molecule has 1 aromatic carbocycles. The number of hydrogen-bond donors (Lipinski definition) is 3. The second-order valence-corrected chi connectivity index (χ2v) is 5.53. The van der Waals surface area contributed by atoms with Crippen molar-refractivity contribution in [3.63, 3.8) is 0 Å². The summed E-state index contributed by atoms with van der Waals surface area (Å²) in [6.45, 7) is 3.24. The number of rotatable bonds is 6. The molecule has 2 atom stereocenters. The summed E-state index contributed by atoms with van der Waals surface area (Å²) in [6.07, 6.45) is 3.24. The maximum Gasteiger partial charge on any atom is 0.251 e. The van der Waals surface area contributed by atoms with E-state index in [1.165, 1.54) is 0 Å². The first-order chi connectivity index (χ1) is 10.2. The number of anilines is 1. The van der Waals surface area contributed by atoms with Crippen LogP contribution >= 0.6 is 0 Å². The number of nitrogens with two attached hydrogens (primary N) is 1. The predicted molar refractivity (Wildman–Crippen MR) is 82.3 cm³/mol. The second-order valence-electron chi connectivity index (χ2n) is 5.53. The third-order valence-corrected chi connectivity index (χ3v) is 4.15. The molecule has 0 heterocycles. The van der Waals surface area contributed by atoms with Crippen molar-refractivity contribution in [2.75, 3.05) is 25.5 Å². The molecule has 1 amide bonds. The standard InChI is InChI=1S/C16H24N2O3/c1-2-21-15-7-6-11(8-14(15)17)16(20)18-9-12-4-3-5-13(12)10-19/h6-8,12-13,19H,2-5,9-10,17H2,1H3,(H,18,20). The maximum atomic E-state index is 12.1. The van der Waals surface area contributed by atoms with Gasteiger partial charge in [-0.2, -0.15) is 0 Å². The van der Waals surface area contributed by atoms with Crippen LogP contribution < -0.4 is 15.8 Å². The van der Waals surface area contributed by atoms with Crippen molar-refractivity contribution in [1.82, 2.24) is 5.32 Å². The Bertz CT molecular complexity index is 490. The minimum absolute atomic E-state index is 0.131. The van der Waals surface area contributed by atoms with E-state index in [2.05, 4.69) is 5.32 Å². The zero-order valence-electron chi connectivity index (χ0n) is 12.5. The molecular weight excluding hydrogens is 268 g/mol. The lowest BCUT2D eigenvalue weighted by Gasteiger charge is -2.18. The van der Waals surface area contributed by atoms with E-state index in [4.69, 9.17) is 10.5 Å². The van der Waals surface area contributed by atoms with Gasteiger partial charge in [-0.25, -0.2) is 0 Å². The second kappa shape index (κ2) is 7.31. The monoisotopic (exact) mass is 292 g/mol. The predicted octanol–water partition coefficient (Wildman–Crippen LogP) is 1.81. The zero-order valence-corrected chi connectivity index (χ0v) is 12.5. The van der Waals surface area contributed by atoms with Crippen molar-refractivity contribution in [3.8, 4) is 5.75 Å². The summed E-state index contributed by atoms with van der Waals surface area (Å²) in [5.41, 5.74) is 6.88. The quantitative estimate of drug-likeness (QED) is 0.698. The van der Waals surface area contributed by atoms with Gasteiger partial charge < -0.3 is 20.9 Å². The lowest BCUT2D eigenvalue weighted by atomic mass is 9.97. The number of carbonyl (C=O) groups excluding carboxylic acids is 1. The van der Waals surface area contributed by atoms with Crippen LogP contribution in [0.1, 0.15) is 36.5 Å². The lowest BCUT2D eigenvalue weighted by molar-refractivity contribution is 0.0938. The number of carbonyl (C=O) groups is 1. The summed E-state index contributed by atoms with van der Waals surface area (Å²) in [4.78, 5) is 12.1. The Labute approximate surface area is 125 Å². The first kappa shape index (κ1) is 15.6. The Morgan fingerprint density at radius 3 is 2.86 bits per heavy atom. The minimum atomic E-state index is -0.131. The van der Waals surface area contributed by atoms with Gasteiger partial charge in [-0.05, 0) is 49.8 Å². The minimum Gasteiger partial charge on any atom is -0.492 e. The van der Waals surface area contributed by atoms with E-state index >= 15 is 0 Å². The average molecular weight is 292 g/mol. The number of aliphatic hydroxyl groups is 1. The molecule has 1 fully saturated rings. The van der Waals surface area contributed by atoms with Crippen molar-refractivity contribution in [2.45, 2.75) is 26.2 Å². The number of aliphatic hydroxyl groups excluding tert-OH is 1. The Kier molecular flexibility index (Phi) is 5.44. The van der Waals surface area contributed by atoms with Crippen LogP contribution in [0.5, 0.6) is 5.75 Å². The summed E-state index contributed by atoms with van der Waals surface area (Å²) >= 11 is 0. The zero-order chi connectivity index (χ0) is 15.2. The Morgan fingerprint density at radius 1 is 1.43 bits per heavy atom. The van der Waals surface area contributed by atoms with E-state index in [9.17, 15) is 9.90 Å². The molecular formula is C16H24N2O3. The van der Waals surface area contributed by atoms with Crippen molar-refractivity contribution < 1.29 is 14.6 Å². The molecule has 0 spiro atoms. The molecule has 0 saturated heterocycles. The SMILES string of the molecule is CCOc1ccc(C(=O)NCC2CCCC2CO)cc1N. The molecule has 2 rings (SSSR count). The highest BCUT2D eigenvalue weighted by atomic mass is 16.5. The highest BCUT2D eigenvalue weighted by Gasteiger charge is 2.26. The summed E-state index contributed by atoms with van der Waals surface area (Å²) in [5.74, 6) is 1.16. The third kappa shape index (κ3) is 3.88. The average Bonchev–Trinajstić information content (AvgIpc) is 2.94. The molecule has 1 aliphatic carbocycles. The van der Waals surface area contributed by atoms with Crippen LogP contribution in [0.3, 0.4) is 0 Å². The van der Waals surface area contributed by atoms with Gasteiger partial charge in [0.05, 0.1) is 12.3 Å². The van der Waals surface area contributed by atoms with E-state index in [1.54, 1.807) is 18.2 Å². The molecule has 116 valence electrons. The molecule has 5 heteroatoms. The van der Waals surface area contributed by atoms with E-state index in [1.807, 2.05) is 6.92 Å². The molecule has 0 aliphatic heterocycles. The highest BCUT2D eigenvalue weighted by molar-refractivity contribution is 5.95. The van der Waals surface area contributed by atoms with Crippen LogP contribution in [0.25, 0.3) is 0 Å². The fraction of sp³-hybridized carbons (Fsp3) is 0.562. The van der Waals surface area contributed by atoms with Crippen molar-refractivity contribution in [1.29, 1.82) is 0 Å². The summed E-state index contributed by atoms with van der Waals surface area (Å²) < 4.78 is 5.36. The highest BCUT2D eigenvalue weighted by Crippen LogP contribution is 2.30. The van der Waals surface area contributed by atoms with Gasteiger partial charge in [0, 0.05) is 18.7 Å². The van der Waals surface area contributed by atoms with Crippen molar-refractivity contribution in [3.05, 3.63) is 23.8 Å². The first-order valence-corrected chi connectivity index (χ1v) is 7.57. The van der Waals surface area contributed by atoms with E-state index in [0.29, 0.717) is 42.0 Å². The number of amides is 1. The normalized spacial score (nSPS) is 21.2. The van der Waals surface area contributed by atoms with Crippen LogP contribution in [0, 0.1) is 11.8 Å². The van der Waals surface area contributed by atoms with Gasteiger partial charge in [-0.1, -0.05) is 6.42 Å². The van der Waals surface area contributed by atoms with Crippen LogP contribution in [0.15, 0.2) is 18.2 Å². The van der Waals surface area contributed by atoms with E-state index < -0.39 is 0 Å². The van der Waals surface area contributed by atoms with Crippen LogP contribution in [-0.4, -0.2) is 30.8 Å². The van der Waals surface area contributed by atoms with E-state index in [-0.39, 0.29) is 12.5 Å².